The lowest BCUT2D eigenvalue weighted by Crippen LogP contribution is -2.31. The monoisotopic (exact) mass is 275 g/mol. The maximum atomic E-state index is 12.5. The van der Waals surface area contributed by atoms with Gasteiger partial charge in [0, 0.05) is 18.7 Å². The van der Waals surface area contributed by atoms with E-state index in [0.29, 0.717) is 5.56 Å². The van der Waals surface area contributed by atoms with E-state index in [1.807, 2.05) is 4.90 Å². The van der Waals surface area contributed by atoms with Crippen molar-refractivity contribution in [3.8, 4) is 0 Å². The van der Waals surface area contributed by atoms with Crippen molar-refractivity contribution in [2.45, 2.75) is 33.1 Å². The molecule has 4 nitrogen and oxygen atoms in total. The summed E-state index contributed by atoms with van der Waals surface area (Å²) in [6, 6.07) is 6.28. The van der Waals surface area contributed by atoms with Crippen LogP contribution in [0.15, 0.2) is 24.3 Å². The molecule has 1 fully saturated rings. The Labute approximate surface area is 119 Å². The molecule has 1 saturated heterocycles. The highest BCUT2D eigenvalue weighted by molar-refractivity contribution is 5.97. The maximum absolute atomic E-state index is 12.5. The molecule has 1 amide bonds. The van der Waals surface area contributed by atoms with Gasteiger partial charge in [0.25, 0.3) is 5.91 Å². The summed E-state index contributed by atoms with van der Waals surface area (Å²) in [5.41, 5.74) is 0.861. The first-order valence-electron chi connectivity index (χ1n) is 7.14. The van der Waals surface area contributed by atoms with Gasteiger partial charge in [-0.25, -0.2) is 4.79 Å². The zero-order valence-corrected chi connectivity index (χ0v) is 12.1. The van der Waals surface area contributed by atoms with Crippen molar-refractivity contribution < 1.29 is 14.7 Å². The van der Waals surface area contributed by atoms with Gasteiger partial charge in [0.05, 0.1) is 5.56 Å². The smallest absolute Gasteiger partial charge is 0.335 e. The topological polar surface area (TPSA) is 57.6 Å². The number of carboxylic acids is 1. The Morgan fingerprint density at radius 2 is 1.90 bits per heavy atom. The van der Waals surface area contributed by atoms with Crippen LogP contribution < -0.4 is 0 Å². The van der Waals surface area contributed by atoms with Gasteiger partial charge in [0.15, 0.2) is 0 Å². The van der Waals surface area contributed by atoms with E-state index in [1.54, 1.807) is 12.1 Å². The van der Waals surface area contributed by atoms with Crippen LogP contribution in [0.5, 0.6) is 0 Å². The van der Waals surface area contributed by atoms with E-state index in [1.165, 1.54) is 12.1 Å². The van der Waals surface area contributed by atoms with Crippen LogP contribution in [0.2, 0.25) is 0 Å². The Bertz CT molecular complexity index is 520. The van der Waals surface area contributed by atoms with E-state index >= 15 is 0 Å². The summed E-state index contributed by atoms with van der Waals surface area (Å²) in [5, 5.41) is 8.99. The Morgan fingerprint density at radius 3 is 2.45 bits per heavy atom. The maximum Gasteiger partial charge on any atom is 0.335 e. The number of likely N-dealkylation sites (tertiary alicyclic amines) is 1. The molecule has 1 aromatic carbocycles. The lowest BCUT2D eigenvalue weighted by Gasteiger charge is -2.26. The number of carbonyl (C=O) groups excluding carboxylic acids is 1. The molecule has 0 bridgehead atoms. The summed E-state index contributed by atoms with van der Waals surface area (Å²) >= 11 is 0. The van der Waals surface area contributed by atoms with Gasteiger partial charge in [-0.3, -0.25) is 4.79 Å². The number of carbonyl (C=O) groups is 2. The Kier molecular flexibility index (Phi) is 4.12. The third-order valence-corrected chi connectivity index (χ3v) is 4.58. The van der Waals surface area contributed by atoms with Gasteiger partial charge in [-0.1, -0.05) is 19.9 Å². The normalized spacial score (nSPS) is 17.2. The highest BCUT2D eigenvalue weighted by atomic mass is 16.4. The second-order valence-corrected chi connectivity index (χ2v) is 5.57. The number of rotatable bonds is 4. The average Bonchev–Trinajstić information content (AvgIpc) is 2.91. The molecule has 0 atom stereocenters. The van der Waals surface area contributed by atoms with Crippen molar-refractivity contribution in [3.63, 3.8) is 0 Å². The zero-order chi connectivity index (χ0) is 14.8. The van der Waals surface area contributed by atoms with E-state index < -0.39 is 5.97 Å². The fourth-order valence-electron chi connectivity index (χ4n) is 2.90. The minimum absolute atomic E-state index is 0.0584. The van der Waals surface area contributed by atoms with E-state index in [4.69, 9.17) is 5.11 Å². The summed E-state index contributed by atoms with van der Waals surface area (Å²) in [6.45, 7) is 5.87. The molecule has 1 heterocycles. The van der Waals surface area contributed by atoms with Crippen molar-refractivity contribution in [3.05, 3.63) is 35.4 Å². The minimum Gasteiger partial charge on any atom is -0.478 e. The van der Waals surface area contributed by atoms with Crippen LogP contribution in [0.25, 0.3) is 0 Å². The fraction of sp³-hybridized carbons (Fsp3) is 0.500. The first-order chi connectivity index (χ1) is 9.51. The zero-order valence-electron chi connectivity index (χ0n) is 12.1. The molecule has 1 N–H and O–H groups in total. The van der Waals surface area contributed by atoms with Crippen LogP contribution in [-0.2, 0) is 0 Å². The molecule has 0 saturated carbocycles. The first kappa shape index (κ1) is 14.6. The van der Waals surface area contributed by atoms with Gasteiger partial charge in [0.1, 0.15) is 0 Å². The van der Waals surface area contributed by atoms with Crippen LogP contribution in [0, 0.1) is 5.41 Å². The van der Waals surface area contributed by atoms with E-state index in [0.717, 1.165) is 32.4 Å². The molecule has 0 radical (unpaired) electrons. The summed E-state index contributed by atoms with van der Waals surface area (Å²) < 4.78 is 0. The standard InChI is InChI=1S/C16H21NO3/c1-3-16(4-2)8-9-17(11-16)14(18)12-6-5-7-13(10-12)15(19)20/h5-7,10H,3-4,8-9,11H2,1-2H3,(H,19,20). The molecule has 108 valence electrons. The first-order valence-corrected chi connectivity index (χ1v) is 7.14. The van der Waals surface area contributed by atoms with Crippen LogP contribution in [0.4, 0.5) is 0 Å². The molecular formula is C16H21NO3. The average molecular weight is 275 g/mol. The van der Waals surface area contributed by atoms with Crippen molar-refractivity contribution in [2.24, 2.45) is 5.41 Å². The molecule has 1 aliphatic rings. The summed E-state index contributed by atoms with van der Waals surface area (Å²) in [5.74, 6) is -1.06. The fourth-order valence-corrected chi connectivity index (χ4v) is 2.90. The van der Waals surface area contributed by atoms with Crippen LogP contribution in [0.3, 0.4) is 0 Å². The molecule has 4 heteroatoms. The van der Waals surface area contributed by atoms with Crippen molar-refractivity contribution >= 4 is 11.9 Å². The van der Waals surface area contributed by atoms with Crippen LogP contribution in [0.1, 0.15) is 53.8 Å². The van der Waals surface area contributed by atoms with Crippen molar-refractivity contribution in [1.29, 1.82) is 0 Å². The highest BCUT2D eigenvalue weighted by Gasteiger charge is 2.37. The third kappa shape index (κ3) is 2.69. The second-order valence-electron chi connectivity index (χ2n) is 5.57. The molecule has 0 aromatic heterocycles. The van der Waals surface area contributed by atoms with Crippen molar-refractivity contribution in [2.75, 3.05) is 13.1 Å². The van der Waals surface area contributed by atoms with Gasteiger partial charge < -0.3 is 10.0 Å². The number of hydrogen-bond acceptors (Lipinski definition) is 2. The predicted octanol–water partition coefficient (Wildman–Crippen LogP) is 3.04. The Balaban J connectivity index is 2.17. The molecule has 0 aliphatic carbocycles. The number of benzene rings is 1. The van der Waals surface area contributed by atoms with Gasteiger partial charge >= 0.3 is 5.97 Å². The van der Waals surface area contributed by atoms with Gasteiger partial charge in [-0.05, 0) is 42.9 Å². The number of carboxylic acid groups (broad SMARTS) is 1. The lowest BCUT2D eigenvalue weighted by atomic mass is 9.82. The molecule has 1 aromatic rings. The highest BCUT2D eigenvalue weighted by Crippen LogP contribution is 2.37. The molecule has 0 spiro atoms. The van der Waals surface area contributed by atoms with Crippen LogP contribution >= 0.6 is 0 Å². The summed E-state index contributed by atoms with van der Waals surface area (Å²) in [7, 11) is 0. The molecule has 2 rings (SSSR count). The van der Waals surface area contributed by atoms with Crippen molar-refractivity contribution in [1.82, 2.24) is 4.90 Å². The molecule has 0 unspecified atom stereocenters. The predicted molar refractivity (Wildman–Crippen MR) is 76.9 cm³/mol. The second kappa shape index (κ2) is 5.65. The van der Waals surface area contributed by atoms with E-state index in [-0.39, 0.29) is 16.9 Å². The largest absolute Gasteiger partial charge is 0.478 e. The molecular weight excluding hydrogens is 254 g/mol. The third-order valence-electron chi connectivity index (χ3n) is 4.58. The van der Waals surface area contributed by atoms with E-state index in [2.05, 4.69) is 13.8 Å². The van der Waals surface area contributed by atoms with Crippen LogP contribution in [-0.4, -0.2) is 35.0 Å². The number of hydrogen-bond donors (Lipinski definition) is 1. The number of amides is 1. The minimum atomic E-state index is -1.00. The number of aromatic carboxylic acids is 1. The quantitative estimate of drug-likeness (QED) is 0.918. The Morgan fingerprint density at radius 1 is 1.25 bits per heavy atom. The Hall–Kier alpha value is -1.84. The van der Waals surface area contributed by atoms with Gasteiger partial charge in [-0.15, -0.1) is 0 Å². The SMILES string of the molecule is CCC1(CC)CCN(C(=O)c2cccc(C(=O)O)c2)C1. The van der Waals surface area contributed by atoms with E-state index in [9.17, 15) is 9.59 Å². The number of nitrogens with zero attached hydrogens (tertiary/aromatic N) is 1. The lowest BCUT2D eigenvalue weighted by molar-refractivity contribution is 0.0697. The summed E-state index contributed by atoms with van der Waals surface area (Å²) in [4.78, 5) is 25.3. The van der Waals surface area contributed by atoms with Gasteiger partial charge in [-0.2, -0.15) is 0 Å². The molecule has 20 heavy (non-hydrogen) atoms. The van der Waals surface area contributed by atoms with Gasteiger partial charge in [0.2, 0.25) is 0 Å². The molecule has 1 aliphatic heterocycles. The summed E-state index contributed by atoms with van der Waals surface area (Å²) in [6.07, 6.45) is 3.18.